The summed E-state index contributed by atoms with van der Waals surface area (Å²) in [6.45, 7) is 2.93. The molecule has 19 heavy (non-hydrogen) atoms. The lowest BCUT2D eigenvalue weighted by molar-refractivity contribution is 0.275. The van der Waals surface area contributed by atoms with Crippen molar-refractivity contribution in [1.29, 1.82) is 0 Å². The van der Waals surface area contributed by atoms with Crippen LogP contribution in [0.2, 0.25) is 0 Å². The van der Waals surface area contributed by atoms with E-state index in [0.29, 0.717) is 0 Å². The average molecular weight is 331 g/mol. The Morgan fingerprint density at radius 2 is 1.58 bits per heavy atom. The summed E-state index contributed by atoms with van der Waals surface area (Å²) in [6, 6.07) is 3.98. The first-order valence-corrected chi connectivity index (χ1v) is 7.01. The number of hydrogen-bond acceptors (Lipinski definition) is 4. The fourth-order valence-corrected chi connectivity index (χ4v) is 2.21. The monoisotopic (exact) mass is 330 g/mol. The minimum absolute atomic E-state index is 0.745. The SMILES string of the molecule is COc1cc(Br)c(CN(C)CCN(C)C)cc1OC. The molecule has 5 heteroatoms. The van der Waals surface area contributed by atoms with E-state index in [2.05, 4.69) is 46.9 Å². The summed E-state index contributed by atoms with van der Waals surface area (Å²) >= 11 is 3.59. The van der Waals surface area contributed by atoms with Gasteiger partial charge >= 0.3 is 0 Å². The third kappa shape index (κ3) is 5.01. The second-order valence-electron chi connectivity index (χ2n) is 4.84. The summed E-state index contributed by atoms with van der Waals surface area (Å²) in [7, 11) is 9.59. The lowest BCUT2D eigenvalue weighted by Gasteiger charge is -2.20. The highest BCUT2D eigenvalue weighted by Crippen LogP contribution is 2.33. The Balaban J connectivity index is 2.77. The Morgan fingerprint density at radius 1 is 1.00 bits per heavy atom. The van der Waals surface area contributed by atoms with E-state index < -0.39 is 0 Å². The van der Waals surface area contributed by atoms with Gasteiger partial charge in [0.1, 0.15) is 0 Å². The molecule has 0 atom stereocenters. The quantitative estimate of drug-likeness (QED) is 0.766. The average Bonchev–Trinajstić information content (AvgIpc) is 2.38. The predicted molar refractivity (Wildman–Crippen MR) is 82.1 cm³/mol. The molecule has 0 aromatic heterocycles. The Hall–Kier alpha value is -0.780. The second kappa shape index (κ2) is 7.72. The molecule has 1 aromatic carbocycles. The molecule has 0 unspecified atom stereocenters. The first-order chi connectivity index (χ1) is 8.97. The fourth-order valence-electron chi connectivity index (χ4n) is 1.76. The van der Waals surface area contributed by atoms with Gasteiger partial charge in [0.15, 0.2) is 11.5 Å². The minimum Gasteiger partial charge on any atom is -0.493 e. The molecule has 0 amide bonds. The summed E-state index contributed by atoms with van der Waals surface area (Å²) in [5, 5.41) is 0. The van der Waals surface area contributed by atoms with Crippen LogP contribution in [0.15, 0.2) is 16.6 Å². The molecule has 1 rings (SSSR count). The van der Waals surface area contributed by atoms with E-state index in [0.717, 1.165) is 35.6 Å². The van der Waals surface area contributed by atoms with Crippen molar-refractivity contribution in [3.05, 3.63) is 22.2 Å². The molecular formula is C14H23BrN2O2. The number of ether oxygens (including phenoxy) is 2. The molecule has 0 radical (unpaired) electrons. The van der Waals surface area contributed by atoms with Crippen LogP contribution in [0, 0.1) is 0 Å². The molecule has 0 spiro atoms. The maximum Gasteiger partial charge on any atom is 0.161 e. The molecule has 108 valence electrons. The van der Waals surface area contributed by atoms with E-state index in [9.17, 15) is 0 Å². The van der Waals surface area contributed by atoms with E-state index in [4.69, 9.17) is 9.47 Å². The summed E-state index contributed by atoms with van der Waals surface area (Å²) in [5.74, 6) is 1.51. The highest BCUT2D eigenvalue weighted by atomic mass is 79.9. The van der Waals surface area contributed by atoms with Gasteiger partial charge in [-0.1, -0.05) is 15.9 Å². The molecular weight excluding hydrogens is 308 g/mol. The van der Waals surface area contributed by atoms with Gasteiger partial charge in [0.2, 0.25) is 0 Å². The van der Waals surface area contributed by atoms with Gasteiger partial charge in [-0.2, -0.15) is 0 Å². The van der Waals surface area contributed by atoms with Gasteiger partial charge in [0.05, 0.1) is 14.2 Å². The Bertz CT molecular complexity index is 411. The molecule has 0 bridgehead atoms. The molecule has 0 N–H and O–H groups in total. The van der Waals surface area contributed by atoms with Crippen LogP contribution in [0.4, 0.5) is 0 Å². The highest BCUT2D eigenvalue weighted by molar-refractivity contribution is 9.10. The van der Waals surface area contributed by atoms with Crippen molar-refractivity contribution in [2.45, 2.75) is 6.54 Å². The zero-order valence-electron chi connectivity index (χ0n) is 12.4. The lowest BCUT2D eigenvalue weighted by atomic mass is 10.2. The van der Waals surface area contributed by atoms with Crippen molar-refractivity contribution in [3.8, 4) is 11.5 Å². The van der Waals surface area contributed by atoms with Gasteiger partial charge in [0.25, 0.3) is 0 Å². The second-order valence-corrected chi connectivity index (χ2v) is 5.69. The van der Waals surface area contributed by atoms with E-state index >= 15 is 0 Å². The molecule has 0 aliphatic rings. The van der Waals surface area contributed by atoms with Crippen LogP contribution in [0.3, 0.4) is 0 Å². The van der Waals surface area contributed by atoms with Crippen LogP contribution >= 0.6 is 15.9 Å². The van der Waals surface area contributed by atoms with Crippen molar-refractivity contribution in [1.82, 2.24) is 9.80 Å². The number of nitrogens with zero attached hydrogens (tertiary/aromatic N) is 2. The normalized spacial score (nSPS) is 11.2. The van der Waals surface area contributed by atoms with Crippen LogP contribution < -0.4 is 9.47 Å². The van der Waals surface area contributed by atoms with Crippen molar-refractivity contribution in [2.75, 3.05) is 48.5 Å². The topological polar surface area (TPSA) is 24.9 Å². The Labute approximate surface area is 124 Å². The Morgan fingerprint density at radius 3 is 2.11 bits per heavy atom. The fraction of sp³-hybridized carbons (Fsp3) is 0.571. The van der Waals surface area contributed by atoms with Gasteiger partial charge < -0.3 is 19.3 Å². The zero-order chi connectivity index (χ0) is 14.4. The third-order valence-corrected chi connectivity index (χ3v) is 3.66. The van der Waals surface area contributed by atoms with Crippen molar-refractivity contribution in [2.24, 2.45) is 0 Å². The molecule has 1 aromatic rings. The lowest BCUT2D eigenvalue weighted by Crippen LogP contribution is -2.28. The molecule has 0 aliphatic heterocycles. The number of halogens is 1. The number of benzene rings is 1. The maximum absolute atomic E-state index is 5.34. The summed E-state index contributed by atoms with van der Waals surface area (Å²) in [6.07, 6.45) is 0. The third-order valence-electron chi connectivity index (χ3n) is 2.92. The largest absolute Gasteiger partial charge is 0.493 e. The molecule has 0 saturated heterocycles. The van der Waals surface area contributed by atoms with Crippen molar-refractivity contribution >= 4 is 15.9 Å². The van der Waals surface area contributed by atoms with Gasteiger partial charge in [0, 0.05) is 24.1 Å². The van der Waals surface area contributed by atoms with Gasteiger partial charge in [-0.3, -0.25) is 0 Å². The first-order valence-electron chi connectivity index (χ1n) is 6.21. The van der Waals surface area contributed by atoms with Gasteiger partial charge in [-0.15, -0.1) is 0 Å². The summed E-state index contributed by atoms with van der Waals surface area (Å²) in [4.78, 5) is 4.46. The van der Waals surface area contributed by atoms with Crippen molar-refractivity contribution in [3.63, 3.8) is 0 Å². The molecule has 0 saturated carbocycles. The Kier molecular flexibility index (Phi) is 6.62. The summed E-state index contributed by atoms with van der Waals surface area (Å²) < 4.78 is 11.7. The minimum atomic E-state index is 0.745. The molecule has 0 aliphatic carbocycles. The number of hydrogen-bond donors (Lipinski definition) is 0. The maximum atomic E-state index is 5.34. The van der Waals surface area contributed by atoms with Crippen molar-refractivity contribution < 1.29 is 9.47 Å². The van der Waals surface area contributed by atoms with Gasteiger partial charge in [-0.05, 0) is 38.8 Å². The van der Waals surface area contributed by atoms with E-state index in [-0.39, 0.29) is 0 Å². The predicted octanol–water partition coefficient (Wildman–Crippen LogP) is 2.46. The van der Waals surface area contributed by atoms with Gasteiger partial charge in [-0.25, -0.2) is 0 Å². The smallest absolute Gasteiger partial charge is 0.161 e. The van der Waals surface area contributed by atoms with Crippen LogP contribution in [-0.2, 0) is 6.54 Å². The standard InChI is InChI=1S/C14H23BrN2O2/c1-16(2)6-7-17(3)10-11-8-13(18-4)14(19-5)9-12(11)15/h8-9H,6-7,10H2,1-5H3. The van der Waals surface area contributed by atoms with Crippen LogP contribution in [0.5, 0.6) is 11.5 Å². The van der Waals surface area contributed by atoms with E-state index in [1.807, 2.05) is 12.1 Å². The molecule has 0 fully saturated rings. The number of rotatable bonds is 7. The molecule has 0 heterocycles. The van der Waals surface area contributed by atoms with Crippen LogP contribution in [-0.4, -0.2) is 58.3 Å². The highest BCUT2D eigenvalue weighted by Gasteiger charge is 2.11. The number of likely N-dealkylation sites (N-methyl/N-ethyl adjacent to an activating group) is 2. The first kappa shape index (κ1) is 16.3. The van der Waals surface area contributed by atoms with Crippen LogP contribution in [0.1, 0.15) is 5.56 Å². The number of methoxy groups -OCH3 is 2. The van der Waals surface area contributed by atoms with E-state index in [1.165, 1.54) is 5.56 Å². The zero-order valence-corrected chi connectivity index (χ0v) is 14.0. The van der Waals surface area contributed by atoms with Crippen LogP contribution in [0.25, 0.3) is 0 Å². The molecule has 4 nitrogen and oxygen atoms in total. The summed E-state index contributed by atoms with van der Waals surface area (Å²) in [5.41, 5.74) is 1.19. The van der Waals surface area contributed by atoms with E-state index in [1.54, 1.807) is 14.2 Å².